The van der Waals surface area contributed by atoms with E-state index < -0.39 is 133 Å². The van der Waals surface area contributed by atoms with E-state index in [0.29, 0.717) is 0 Å². The third-order valence-corrected chi connectivity index (χ3v) is 9.31. The number of benzene rings is 2. The fourth-order valence-electron chi connectivity index (χ4n) is 6.39. The third-order valence-electron chi connectivity index (χ3n) is 9.31. The largest absolute Gasteiger partial charge is 0.508 e. The van der Waals surface area contributed by atoms with E-state index in [2.05, 4.69) is 0 Å². The van der Waals surface area contributed by atoms with Crippen LogP contribution in [0.3, 0.4) is 0 Å². The lowest BCUT2D eigenvalue weighted by Crippen LogP contribution is -2.66. The summed E-state index contributed by atoms with van der Waals surface area (Å²) < 4.78 is 40.1. The van der Waals surface area contributed by atoms with Crippen molar-refractivity contribution in [3.8, 4) is 34.3 Å². The van der Waals surface area contributed by atoms with Gasteiger partial charge in [-0.1, -0.05) is 0 Å². The van der Waals surface area contributed by atoms with E-state index in [1.165, 1.54) is 31.2 Å². The van der Waals surface area contributed by atoms with Crippen LogP contribution >= 0.6 is 0 Å². The molecule has 2 aromatic carbocycles. The van der Waals surface area contributed by atoms with E-state index in [4.69, 9.17) is 32.8 Å². The van der Waals surface area contributed by atoms with E-state index in [9.17, 15) is 66.1 Å². The lowest BCUT2D eigenvalue weighted by atomic mass is 9.96. The number of hydrogen-bond acceptors (Lipinski definition) is 20. The molecule has 0 saturated carbocycles. The van der Waals surface area contributed by atoms with Gasteiger partial charge >= 0.3 is 0 Å². The first-order valence-electron chi connectivity index (χ1n) is 16.4. The maximum Gasteiger partial charge on any atom is 0.239 e. The highest BCUT2D eigenvalue weighted by Gasteiger charge is 2.53. The molecule has 0 unspecified atom stereocenters. The van der Waals surface area contributed by atoms with Crippen molar-refractivity contribution in [3.63, 3.8) is 0 Å². The van der Waals surface area contributed by atoms with Crippen LogP contribution in [0.15, 0.2) is 45.6 Å². The molecule has 292 valence electrons. The van der Waals surface area contributed by atoms with Crippen LogP contribution in [0.1, 0.15) is 6.92 Å². The van der Waals surface area contributed by atoms with Gasteiger partial charge in [-0.2, -0.15) is 0 Å². The molecular weight excluding hydrogens is 716 g/mol. The second-order valence-corrected chi connectivity index (χ2v) is 12.9. The van der Waals surface area contributed by atoms with E-state index in [1.807, 2.05) is 0 Å². The Kier molecular flexibility index (Phi) is 11.5. The van der Waals surface area contributed by atoms with Crippen molar-refractivity contribution in [2.75, 3.05) is 13.2 Å². The third kappa shape index (κ3) is 7.39. The Morgan fingerprint density at radius 1 is 0.642 bits per heavy atom. The van der Waals surface area contributed by atoms with Gasteiger partial charge in [0, 0.05) is 17.7 Å². The maximum absolute atomic E-state index is 13.9. The van der Waals surface area contributed by atoms with Crippen molar-refractivity contribution in [3.05, 3.63) is 46.6 Å². The number of aliphatic hydroxyl groups excluding tert-OH is 9. The Hall–Kier alpha value is -3.71. The highest BCUT2D eigenvalue weighted by molar-refractivity contribution is 5.88. The average molecular weight is 757 g/mol. The van der Waals surface area contributed by atoms with Crippen molar-refractivity contribution in [2.45, 2.75) is 99.0 Å². The number of ether oxygens (including phenoxy) is 6. The number of aliphatic hydroxyl groups is 9. The van der Waals surface area contributed by atoms with E-state index in [-0.39, 0.29) is 22.7 Å². The molecule has 20 heteroatoms. The molecule has 53 heavy (non-hydrogen) atoms. The van der Waals surface area contributed by atoms with Crippen molar-refractivity contribution in [1.29, 1.82) is 0 Å². The molecule has 3 saturated heterocycles. The molecule has 0 bridgehead atoms. The Balaban J connectivity index is 1.30. The second kappa shape index (κ2) is 15.6. The van der Waals surface area contributed by atoms with Gasteiger partial charge in [-0.25, -0.2) is 0 Å². The summed E-state index contributed by atoms with van der Waals surface area (Å²) in [5.74, 6) is -2.26. The van der Waals surface area contributed by atoms with Crippen LogP contribution < -0.4 is 10.2 Å². The fourth-order valence-corrected chi connectivity index (χ4v) is 6.39. The van der Waals surface area contributed by atoms with Gasteiger partial charge in [0.05, 0.1) is 19.3 Å². The number of fused-ring (bicyclic) bond motifs is 1. The van der Waals surface area contributed by atoms with Crippen molar-refractivity contribution < 1.29 is 94.1 Å². The van der Waals surface area contributed by atoms with Gasteiger partial charge in [0.2, 0.25) is 17.5 Å². The van der Waals surface area contributed by atoms with E-state index >= 15 is 0 Å². The zero-order chi connectivity index (χ0) is 38.5. The molecule has 3 aliphatic rings. The molecule has 3 aromatic rings. The molecular formula is C33H40O20. The highest BCUT2D eigenvalue weighted by atomic mass is 16.8. The summed E-state index contributed by atoms with van der Waals surface area (Å²) in [6.07, 6.45) is -26.0. The Morgan fingerprint density at radius 3 is 1.83 bits per heavy atom. The van der Waals surface area contributed by atoms with Crippen LogP contribution in [-0.4, -0.2) is 167 Å². The van der Waals surface area contributed by atoms with E-state index in [1.54, 1.807) is 0 Å². The van der Waals surface area contributed by atoms with Crippen LogP contribution in [0, 0.1) is 0 Å². The lowest BCUT2D eigenvalue weighted by Gasteiger charge is -2.47. The number of aromatic hydroxyl groups is 3. The van der Waals surface area contributed by atoms with Crippen molar-refractivity contribution in [2.24, 2.45) is 0 Å². The first-order chi connectivity index (χ1) is 25.1. The van der Waals surface area contributed by atoms with Gasteiger partial charge in [-0.3, -0.25) is 4.79 Å². The zero-order valence-electron chi connectivity index (χ0n) is 27.7. The summed E-state index contributed by atoms with van der Waals surface area (Å²) in [6, 6.07) is 7.14. The van der Waals surface area contributed by atoms with Crippen molar-refractivity contribution >= 4 is 11.0 Å². The Labute approximate surface area is 298 Å². The predicted octanol–water partition coefficient (Wildman–Crippen LogP) is -3.57. The number of rotatable bonds is 9. The number of hydrogen-bond donors (Lipinski definition) is 12. The van der Waals surface area contributed by atoms with Gasteiger partial charge in [0.15, 0.2) is 24.4 Å². The van der Waals surface area contributed by atoms with Crippen LogP contribution in [0.5, 0.6) is 23.0 Å². The topological polar surface area (TPSA) is 328 Å². The molecule has 15 atom stereocenters. The maximum atomic E-state index is 13.9. The van der Waals surface area contributed by atoms with Crippen LogP contribution in [0.25, 0.3) is 22.3 Å². The van der Waals surface area contributed by atoms with Crippen LogP contribution in [0.2, 0.25) is 0 Å². The molecule has 1 aromatic heterocycles. The van der Waals surface area contributed by atoms with Gasteiger partial charge < -0.3 is 94.1 Å². The number of phenols is 3. The summed E-state index contributed by atoms with van der Waals surface area (Å²) >= 11 is 0. The summed E-state index contributed by atoms with van der Waals surface area (Å²) in [7, 11) is 0. The zero-order valence-corrected chi connectivity index (χ0v) is 27.7. The minimum atomic E-state index is -2.01. The quantitative estimate of drug-likeness (QED) is 0.100. The average Bonchev–Trinajstić information content (AvgIpc) is 3.12. The Morgan fingerprint density at radius 2 is 1.19 bits per heavy atom. The minimum Gasteiger partial charge on any atom is -0.508 e. The van der Waals surface area contributed by atoms with Gasteiger partial charge in [-0.15, -0.1) is 0 Å². The normalized spacial score (nSPS) is 37.8. The van der Waals surface area contributed by atoms with Gasteiger partial charge in [-0.05, 0) is 31.2 Å². The minimum absolute atomic E-state index is 0.139. The fraction of sp³-hybridized carbons (Fsp3) is 0.545. The van der Waals surface area contributed by atoms with Crippen LogP contribution in [-0.2, 0) is 23.7 Å². The lowest BCUT2D eigenvalue weighted by molar-refractivity contribution is -0.376. The summed E-state index contributed by atoms with van der Waals surface area (Å²) in [6.45, 7) is -0.271. The van der Waals surface area contributed by atoms with E-state index in [0.717, 1.165) is 12.1 Å². The molecule has 0 aliphatic carbocycles. The Bertz CT molecular complexity index is 1780. The second-order valence-electron chi connectivity index (χ2n) is 12.9. The summed E-state index contributed by atoms with van der Waals surface area (Å²) in [5.41, 5.74) is -1.15. The molecule has 20 nitrogen and oxygen atoms in total. The standard InChI is InChI=1S/C33H40O20/c1-10-27(51-32-25(45)22(42)19(39)16(8-34)49-32)24(44)26(46)31(47-10)53-30-23(43)20(40)17(9-35)50-33(30)52-29-21(41)18-14(38)6-13(37)7-15(18)48-28(29)11-2-4-12(36)5-3-11/h2-7,10,16-17,19-20,22-27,30-40,42-46H,8-9H2,1H3/t10-,16+,17+,19+,20+,22-,23-,24-,25+,26+,27-,30+,31-,32-,33-/m0/s1. The summed E-state index contributed by atoms with van der Waals surface area (Å²) in [4.78, 5) is 13.9. The molecule has 3 fully saturated rings. The molecule has 4 heterocycles. The molecule has 3 aliphatic heterocycles. The molecule has 0 spiro atoms. The molecule has 0 amide bonds. The monoisotopic (exact) mass is 756 g/mol. The highest BCUT2D eigenvalue weighted by Crippen LogP contribution is 2.39. The first-order valence-corrected chi connectivity index (χ1v) is 16.4. The SMILES string of the molecule is C[C@@H]1O[C@@H](O[C@H]2[C@H](Oc3c(-c4ccc(O)cc4)oc4cc(O)cc(O)c4c3=O)O[C@H](CO)[C@@H](O)[C@@H]2O)[C@H](O)[C@H](O)[C@H]1O[C@@H]1O[C@H](CO)[C@@H](O)[C@H](O)[C@H]1O. The smallest absolute Gasteiger partial charge is 0.239 e. The number of phenolic OH excluding ortho intramolecular Hbond substituents is 3. The van der Waals surface area contributed by atoms with Crippen LogP contribution in [0.4, 0.5) is 0 Å². The van der Waals surface area contributed by atoms with Crippen molar-refractivity contribution in [1.82, 2.24) is 0 Å². The molecule has 12 N–H and O–H groups in total. The first kappa shape index (κ1) is 39.0. The predicted molar refractivity (Wildman–Crippen MR) is 171 cm³/mol. The summed E-state index contributed by atoms with van der Waals surface area (Å²) in [5, 5.41) is 124. The molecule has 6 rings (SSSR count). The van der Waals surface area contributed by atoms with Gasteiger partial charge in [0.25, 0.3) is 0 Å². The van der Waals surface area contributed by atoms with Gasteiger partial charge in [0.1, 0.15) is 89.3 Å². The molecule has 0 radical (unpaired) electrons.